The second kappa shape index (κ2) is 8.58. The van der Waals surface area contributed by atoms with E-state index in [-0.39, 0.29) is 17.3 Å². The molecule has 1 fully saturated rings. The summed E-state index contributed by atoms with van der Waals surface area (Å²) >= 11 is 0. The van der Waals surface area contributed by atoms with Gasteiger partial charge in [0.2, 0.25) is 0 Å². The number of carbonyl (C=O) groups is 1. The van der Waals surface area contributed by atoms with E-state index in [0.29, 0.717) is 23.2 Å². The maximum atomic E-state index is 13.4. The number of benzene rings is 1. The summed E-state index contributed by atoms with van der Waals surface area (Å²) in [5, 5.41) is 3.03. The van der Waals surface area contributed by atoms with Gasteiger partial charge >= 0.3 is 0 Å². The van der Waals surface area contributed by atoms with Crippen LogP contribution in [0.3, 0.4) is 0 Å². The summed E-state index contributed by atoms with van der Waals surface area (Å²) in [7, 11) is 2.09. The number of amides is 1. The van der Waals surface area contributed by atoms with E-state index in [9.17, 15) is 9.18 Å². The number of nitrogens with zero attached hydrogens (tertiary/aromatic N) is 2. The lowest BCUT2D eigenvalue weighted by atomic mass is 10.0. The summed E-state index contributed by atoms with van der Waals surface area (Å²) < 4.78 is 13.4. The summed E-state index contributed by atoms with van der Waals surface area (Å²) in [6.07, 6.45) is 4.53. The molecule has 1 amide bonds. The Bertz CT molecular complexity index is 938. The molecule has 0 radical (unpaired) electrons. The fraction of sp³-hybridized carbons (Fsp3) is 0.440. The van der Waals surface area contributed by atoms with Gasteiger partial charge in [-0.2, -0.15) is 0 Å². The third kappa shape index (κ3) is 5.68. The summed E-state index contributed by atoms with van der Waals surface area (Å²) in [6.45, 7) is 10.1. The molecule has 1 N–H and O–H groups in total. The van der Waals surface area contributed by atoms with E-state index in [4.69, 9.17) is 4.98 Å². The monoisotopic (exact) mass is 409 g/mol. The molecule has 1 aromatic carbocycles. The molecule has 1 aliphatic carbocycles. The van der Waals surface area contributed by atoms with Crippen LogP contribution in [-0.2, 0) is 0 Å². The van der Waals surface area contributed by atoms with Crippen molar-refractivity contribution >= 4 is 11.6 Å². The zero-order valence-corrected chi connectivity index (χ0v) is 18.8. The molecule has 1 heterocycles. The molecule has 160 valence electrons. The quantitative estimate of drug-likeness (QED) is 0.684. The zero-order chi connectivity index (χ0) is 22.1. The normalized spacial score (nSPS) is 14.7. The van der Waals surface area contributed by atoms with E-state index in [1.165, 1.54) is 25.0 Å². The molecule has 2 aromatic rings. The second-order valence-corrected chi connectivity index (χ2v) is 9.48. The lowest BCUT2D eigenvalue weighted by Crippen LogP contribution is -2.40. The van der Waals surface area contributed by atoms with Crippen LogP contribution in [0, 0.1) is 11.7 Å². The highest BCUT2D eigenvalue weighted by Crippen LogP contribution is 2.33. The number of pyridine rings is 1. The second-order valence-electron chi connectivity index (χ2n) is 9.48. The van der Waals surface area contributed by atoms with Gasteiger partial charge in [-0.05, 0) is 75.9 Å². The highest BCUT2D eigenvalue weighted by molar-refractivity contribution is 5.96. The molecule has 0 bridgehead atoms. The summed E-state index contributed by atoms with van der Waals surface area (Å²) in [4.78, 5) is 20.1. The van der Waals surface area contributed by atoms with E-state index >= 15 is 0 Å². The number of hydrogen-bond acceptors (Lipinski definition) is 3. The Balaban J connectivity index is 2.12. The molecule has 4 nitrogen and oxygen atoms in total. The molecular formula is C25H32FN3O. The van der Waals surface area contributed by atoms with E-state index in [1.807, 2.05) is 26.8 Å². The first-order chi connectivity index (χ1) is 14.0. The number of aromatic nitrogens is 1. The predicted octanol–water partition coefficient (Wildman–Crippen LogP) is 5.51. The Labute approximate surface area is 179 Å². The van der Waals surface area contributed by atoms with Crippen LogP contribution in [0.1, 0.15) is 63.5 Å². The van der Waals surface area contributed by atoms with E-state index in [1.54, 1.807) is 18.2 Å². The maximum Gasteiger partial charge on any atom is 0.251 e. The van der Waals surface area contributed by atoms with Gasteiger partial charge in [0.25, 0.3) is 5.91 Å². The molecule has 1 aromatic heterocycles. The minimum absolute atomic E-state index is 0.146. The summed E-state index contributed by atoms with van der Waals surface area (Å²) in [5.74, 6) is -0.105. The molecule has 5 heteroatoms. The number of rotatable bonds is 6. The third-order valence-corrected chi connectivity index (χ3v) is 4.94. The van der Waals surface area contributed by atoms with Crippen molar-refractivity contribution in [1.82, 2.24) is 15.2 Å². The van der Waals surface area contributed by atoms with Crippen molar-refractivity contribution in [2.45, 2.75) is 59.0 Å². The van der Waals surface area contributed by atoms with Gasteiger partial charge in [-0.3, -0.25) is 4.79 Å². The minimum atomic E-state index is -0.349. The topological polar surface area (TPSA) is 45.2 Å². The van der Waals surface area contributed by atoms with Gasteiger partial charge in [0, 0.05) is 29.8 Å². The lowest BCUT2D eigenvalue weighted by molar-refractivity contribution is 0.0919. The van der Waals surface area contributed by atoms with Crippen molar-refractivity contribution in [3.63, 3.8) is 0 Å². The molecule has 0 atom stereocenters. The molecule has 0 aliphatic heterocycles. The Morgan fingerprint density at radius 2 is 1.83 bits per heavy atom. The minimum Gasteiger partial charge on any atom is -0.370 e. The van der Waals surface area contributed by atoms with Gasteiger partial charge in [0.15, 0.2) is 0 Å². The predicted molar refractivity (Wildman–Crippen MR) is 120 cm³/mol. The molecule has 1 saturated carbocycles. The van der Waals surface area contributed by atoms with Crippen molar-refractivity contribution in [1.29, 1.82) is 0 Å². The molecule has 0 saturated heterocycles. The van der Waals surface area contributed by atoms with E-state index < -0.39 is 0 Å². The van der Waals surface area contributed by atoms with Crippen LogP contribution in [0.25, 0.3) is 17.0 Å². The highest BCUT2D eigenvalue weighted by atomic mass is 19.1. The number of hydrogen-bond donors (Lipinski definition) is 1. The fourth-order valence-corrected chi connectivity index (χ4v) is 3.33. The van der Waals surface area contributed by atoms with Gasteiger partial charge in [-0.25, -0.2) is 9.37 Å². The maximum absolute atomic E-state index is 13.4. The van der Waals surface area contributed by atoms with Crippen LogP contribution in [0.4, 0.5) is 4.39 Å². The van der Waals surface area contributed by atoms with E-state index in [0.717, 1.165) is 17.0 Å². The van der Waals surface area contributed by atoms with Crippen LogP contribution in [0.5, 0.6) is 0 Å². The number of carbonyl (C=O) groups excluding carboxylic acids is 1. The van der Waals surface area contributed by atoms with Crippen molar-refractivity contribution in [3.8, 4) is 11.3 Å². The summed E-state index contributed by atoms with van der Waals surface area (Å²) in [5.41, 5.74) is 3.43. The Kier molecular flexibility index (Phi) is 6.30. The Hall–Kier alpha value is -2.69. The van der Waals surface area contributed by atoms with E-state index in [2.05, 4.69) is 37.2 Å². The largest absolute Gasteiger partial charge is 0.370 e. The van der Waals surface area contributed by atoms with Crippen molar-refractivity contribution in [2.75, 3.05) is 7.05 Å². The zero-order valence-electron chi connectivity index (χ0n) is 18.8. The van der Waals surface area contributed by atoms with Crippen LogP contribution in [0.15, 0.2) is 42.5 Å². The Morgan fingerprint density at radius 3 is 2.37 bits per heavy atom. The van der Waals surface area contributed by atoms with Gasteiger partial charge in [0.05, 0.1) is 17.1 Å². The van der Waals surface area contributed by atoms with Gasteiger partial charge in [-0.1, -0.05) is 19.9 Å². The molecular weight excluding hydrogens is 377 g/mol. The van der Waals surface area contributed by atoms with Crippen molar-refractivity contribution in [2.24, 2.45) is 5.92 Å². The van der Waals surface area contributed by atoms with Crippen molar-refractivity contribution in [3.05, 3.63) is 59.5 Å². The van der Waals surface area contributed by atoms with Gasteiger partial charge < -0.3 is 10.2 Å². The molecule has 30 heavy (non-hydrogen) atoms. The summed E-state index contributed by atoms with van der Waals surface area (Å²) in [6, 6.07) is 10.4. The third-order valence-electron chi connectivity index (χ3n) is 4.94. The average Bonchev–Trinajstić information content (AvgIpc) is 3.49. The molecule has 0 spiro atoms. The van der Waals surface area contributed by atoms with Crippen LogP contribution in [-0.4, -0.2) is 34.4 Å². The first-order valence-corrected chi connectivity index (χ1v) is 10.6. The number of allylic oxidation sites excluding steroid dienone is 1. The molecule has 1 aliphatic rings. The lowest BCUT2D eigenvalue weighted by Gasteiger charge is -2.25. The van der Waals surface area contributed by atoms with Crippen LogP contribution < -0.4 is 5.32 Å². The highest BCUT2D eigenvalue weighted by Gasteiger charge is 2.29. The molecule has 3 rings (SSSR count). The molecule has 0 unspecified atom stereocenters. The first-order valence-electron chi connectivity index (χ1n) is 10.6. The SMILES string of the molecule is CC(C)/C=C(/c1cc(C(=O)NC(C)(C)C)cc(-c2ccc(F)cc2)n1)N(C)C1CC1. The van der Waals surface area contributed by atoms with Gasteiger partial charge in [-0.15, -0.1) is 0 Å². The van der Waals surface area contributed by atoms with Crippen LogP contribution >= 0.6 is 0 Å². The Morgan fingerprint density at radius 1 is 1.20 bits per heavy atom. The fourth-order valence-electron chi connectivity index (χ4n) is 3.33. The average molecular weight is 410 g/mol. The van der Waals surface area contributed by atoms with Crippen LogP contribution in [0.2, 0.25) is 0 Å². The number of nitrogens with one attached hydrogen (secondary N) is 1. The smallest absolute Gasteiger partial charge is 0.251 e. The van der Waals surface area contributed by atoms with Crippen molar-refractivity contribution < 1.29 is 9.18 Å². The standard InChI is InChI=1S/C25H32FN3O/c1-16(2)13-23(29(6)20-11-12-20)22-15-18(24(30)28-25(3,4)5)14-21(27-22)17-7-9-19(26)10-8-17/h7-10,13-16,20H,11-12H2,1-6H3,(H,28,30)/b23-13-. The number of halogens is 1. The van der Waals surface area contributed by atoms with Gasteiger partial charge in [0.1, 0.15) is 5.82 Å². The first kappa shape index (κ1) is 22.0.